The number of ketones is 1. The van der Waals surface area contributed by atoms with E-state index in [4.69, 9.17) is 4.74 Å². The molecule has 0 radical (unpaired) electrons. The van der Waals surface area contributed by atoms with Gasteiger partial charge in [0.05, 0.1) is 13.0 Å². The Hall–Kier alpha value is -1.12. The first kappa shape index (κ1) is 9.44. The minimum Gasteiger partial charge on any atom is -0.469 e. The monoisotopic (exact) mass is 194 g/mol. The summed E-state index contributed by atoms with van der Waals surface area (Å²) in [4.78, 5) is 22.9. The number of methoxy groups -OCH3 is 1. The predicted molar refractivity (Wildman–Crippen MR) is 50.4 cm³/mol. The normalized spacial score (nSPS) is 38.7. The van der Waals surface area contributed by atoms with Gasteiger partial charge in [0.25, 0.3) is 0 Å². The van der Waals surface area contributed by atoms with Crippen molar-refractivity contribution in [2.45, 2.75) is 13.3 Å². The van der Waals surface area contributed by atoms with Crippen LogP contribution in [0.2, 0.25) is 0 Å². The van der Waals surface area contributed by atoms with E-state index in [9.17, 15) is 9.59 Å². The summed E-state index contributed by atoms with van der Waals surface area (Å²) >= 11 is 0. The van der Waals surface area contributed by atoms with Crippen molar-refractivity contribution in [3.05, 3.63) is 12.2 Å². The summed E-state index contributed by atoms with van der Waals surface area (Å²) < 4.78 is 4.74. The van der Waals surface area contributed by atoms with Crippen LogP contribution in [0.4, 0.5) is 0 Å². The highest BCUT2D eigenvalue weighted by molar-refractivity contribution is 5.87. The fourth-order valence-electron chi connectivity index (χ4n) is 2.83. The number of hydrogen-bond donors (Lipinski definition) is 0. The molecule has 3 nitrogen and oxygen atoms in total. The van der Waals surface area contributed by atoms with E-state index < -0.39 is 0 Å². The van der Waals surface area contributed by atoms with Crippen LogP contribution in [0.25, 0.3) is 0 Å². The van der Waals surface area contributed by atoms with Gasteiger partial charge in [0, 0.05) is 5.92 Å². The van der Waals surface area contributed by atoms with E-state index in [0.29, 0.717) is 0 Å². The van der Waals surface area contributed by atoms with Crippen LogP contribution < -0.4 is 0 Å². The molecule has 1 fully saturated rings. The molecule has 1 saturated carbocycles. The number of hydrogen-bond acceptors (Lipinski definition) is 3. The zero-order chi connectivity index (χ0) is 10.3. The van der Waals surface area contributed by atoms with Gasteiger partial charge >= 0.3 is 5.97 Å². The predicted octanol–water partition coefficient (Wildman–Crippen LogP) is 1.19. The summed E-state index contributed by atoms with van der Waals surface area (Å²) in [5, 5.41) is 0. The maximum absolute atomic E-state index is 11.5. The molecule has 2 bridgehead atoms. The van der Waals surface area contributed by atoms with Crippen LogP contribution >= 0.6 is 0 Å². The number of esters is 1. The Morgan fingerprint density at radius 2 is 1.79 bits per heavy atom. The molecule has 0 heterocycles. The second-order valence-electron chi connectivity index (χ2n) is 4.13. The van der Waals surface area contributed by atoms with Crippen molar-refractivity contribution in [2.75, 3.05) is 7.11 Å². The molecule has 0 aromatic rings. The second-order valence-corrected chi connectivity index (χ2v) is 4.13. The van der Waals surface area contributed by atoms with E-state index >= 15 is 0 Å². The van der Waals surface area contributed by atoms with Crippen LogP contribution in [0.15, 0.2) is 12.2 Å². The Balaban J connectivity index is 2.26. The van der Waals surface area contributed by atoms with E-state index in [0.717, 1.165) is 6.42 Å². The summed E-state index contributed by atoms with van der Waals surface area (Å²) in [7, 11) is 1.38. The minimum atomic E-state index is -0.234. The molecule has 0 spiro atoms. The molecule has 76 valence electrons. The van der Waals surface area contributed by atoms with Gasteiger partial charge in [-0.25, -0.2) is 0 Å². The molecule has 0 aromatic heterocycles. The molecule has 0 saturated heterocycles. The lowest BCUT2D eigenvalue weighted by Crippen LogP contribution is -2.32. The third-order valence-corrected chi connectivity index (χ3v) is 3.40. The number of carbonyl (C=O) groups is 2. The number of Topliss-reactive ketones (excluding diaryl/α,β-unsaturated/α-hetero) is 1. The average molecular weight is 194 g/mol. The zero-order valence-corrected chi connectivity index (χ0v) is 8.40. The molecule has 3 unspecified atom stereocenters. The lowest BCUT2D eigenvalue weighted by Gasteiger charge is -2.23. The van der Waals surface area contributed by atoms with E-state index in [2.05, 4.69) is 6.08 Å². The van der Waals surface area contributed by atoms with Crippen molar-refractivity contribution < 1.29 is 14.3 Å². The maximum Gasteiger partial charge on any atom is 0.310 e. The van der Waals surface area contributed by atoms with E-state index in [1.807, 2.05) is 6.08 Å². The highest BCUT2D eigenvalue weighted by Crippen LogP contribution is 2.48. The Bertz CT molecular complexity index is 306. The summed E-state index contributed by atoms with van der Waals surface area (Å²) in [5.74, 6) is -0.00722. The lowest BCUT2D eigenvalue weighted by atomic mass is 9.81. The van der Waals surface area contributed by atoms with Crippen LogP contribution in [-0.2, 0) is 14.3 Å². The highest BCUT2D eigenvalue weighted by Gasteiger charge is 2.50. The van der Waals surface area contributed by atoms with Crippen molar-refractivity contribution in [1.82, 2.24) is 0 Å². The molecule has 2 rings (SSSR count). The molecule has 0 N–H and O–H groups in total. The molecular weight excluding hydrogens is 180 g/mol. The molecule has 0 amide bonds. The number of rotatable bonds is 2. The summed E-state index contributed by atoms with van der Waals surface area (Å²) in [6, 6.07) is 0. The molecule has 2 aliphatic rings. The number of allylic oxidation sites excluding steroid dienone is 2. The van der Waals surface area contributed by atoms with Gasteiger partial charge in [0.1, 0.15) is 5.78 Å². The largest absolute Gasteiger partial charge is 0.469 e. The van der Waals surface area contributed by atoms with E-state index in [-0.39, 0.29) is 35.4 Å². The van der Waals surface area contributed by atoms with Gasteiger partial charge in [-0.15, -0.1) is 0 Å². The van der Waals surface area contributed by atoms with Crippen LogP contribution in [-0.4, -0.2) is 18.9 Å². The molecule has 3 heteroatoms. The van der Waals surface area contributed by atoms with Crippen molar-refractivity contribution in [2.24, 2.45) is 23.7 Å². The zero-order valence-electron chi connectivity index (χ0n) is 8.40. The first-order chi connectivity index (χ1) is 6.65. The maximum atomic E-state index is 11.5. The molecular formula is C11H14O3. The Kier molecular flexibility index (Phi) is 2.17. The lowest BCUT2D eigenvalue weighted by molar-refractivity contribution is -0.150. The number of carbonyl (C=O) groups excluding carboxylic acids is 2. The minimum absolute atomic E-state index is 0.109. The van der Waals surface area contributed by atoms with E-state index in [1.54, 1.807) is 6.92 Å². The van der Waals surface area contributed by atoms with E-state index in [1.165, 1.54) is 7.11 Å². The average Bonchev–Trinajstić information content (AvgIpc) is 2.74. The Labute approximate surface area is 83.1 Å². The topological polar surface area (TPSA) is 43.4 Å². The fourth-order valence-corrected chi connectivity index (χ4v) is 2.83. The third kappa shape index (κ3) is 1.19. The first-order valence-corrected chi connectivity index (χ1v) is 4.91. The van der Waals surface area contributed by atoms with Gasteiger partial charge in [-0.1, -0.05) is 12.2 Å². The molecule has 0 aromatic carbocycles. The summed E-state index contributed by atoms with van der Waals surface area (Å²) in [6.07, 6.45) is 5.05. The molecule has 4 atom stereocenters. The van der Waals surface area contributed by atoms with Crippen LogP contribution in [0.3, 0.4) is 0 Å². The highest BCUT2D eigenvalue weighted by atomic mass is 16.5. The Morgan fingerprint density at radius 1 is 1.21 bits per heavy atom. The SMILES string of the molecule is COC(=O)C1C2C=C[C@H](C2)C1C(C)=O. The smallest absolute Gasteiger partial charge is 0.310 e. The Morgan fingerprint density at radius 3 is 2.29 bits per heavy atom. The third-order valence-electron chi connectivity index (χ3n) is 3.40. The summed E-state index contributed by atoms with van der Waals surface area (Å²) in [6.45, 7) is 1.56. The summed E-state index contributed by atoms with van der Waals surface area (Å²) in [5.41, 5.74) is 0. The second kappa shape index (κ2) is 3.23. The van der Waals surface area contributed by atoms with Gasteiger partial charge in [0.2, 0.25) is 0 Å². The van der Waals surface area contributed by atoms with Gasteiger partial charge in [-0.05, 0) is 25.2 Å². The van der Waals surface area contributed by atoms with Gasteiger partial charge in [-0.3, -0.25) is 9.59 Å². The van der Waals surface area contributed by atoms with Gasteiger partial charge in [-0.2, -0.15) is 0 Å². The van der Waals surface area contributed by atoms with Crippen LogP contribution in [0.5, 0.6) is 0 Å². The fraction of sp³-hybridized carbons (Fsp3) is 0.636. The van der Waals surface area contributed by atoms with Crippen molar-refractivity contribution in [3.63, 3.8) is 0 Å². The first-order valence-electron chi connectivity index (χ1n) is 4.91. The molecule has 14 heavy (non-hydrogen) atoms. The number of ether oxygens (including phenoxy) is 1. The van der Waals surface area contributed by atoms with Crippen LogP contribution in [0, 0.1) is 23.7 Å². The quantitative estimate of drug-likeness (QED) is 0.490. The van der Waals surface area contributed by atoms with Crippen LogP contribution in [0.1, 0.15) is 13.3 Å². The molecule has 0 aliphatic heterocycles. The molecule has 2 aliphatic carbocycles. The standard InChI is InChI=1S/C11H14O3/c1-6(12)9-7-3-4-8(5-7)10(9)11(13)14-2/h3-4,7-10H,5H2,1-2H3/t7-,8?,9?,10?/m1/s1. The van der Waals surface area contributed by atoms with Gasteiger partial charge in [0.15, 0.2) is 0 Å². The van der Waals surface area contributed by atoms with Crippen molar-refractivity contribution in [3.8, 4) is 0 Å². The van der Waals surface area contributed by atoms with Crippen molar-refractivity contribution in [1.29, 1.82) is 0 Å². The number of fused-ring (bicyclic) bond motifs is 2. The van der Waals surface area contributed by atoms with Gasteiger partial charge < -0.3 is 4.74 Å². The van der Waals surface area contributed by atoms with Crippen molar-refractivity contribution >= 4 is 11.8 Å².